The summed E-state index contributed by atoms with van der Waals surface area (Å²) in [6, 6.07) is 17.1. The van der Waals surface area contributed by atoms with Gasteiger partial charge in [0.05, 0.1) is 12.6 Å². The van der Waals surface area contributed by atoms with E-state index in [9.17, 15) is 14.7 Å². The Kier molecular flexibility index (Phi) is 4.33. The number of alkyl carbamates (subject to hydrolysis) is 1. The number of amides is 1. The molecule has 27 heavy (non-hydrogen) atoms. The van der Waals surface area contributed by atoms with Crippen LogP contribution in [-0.2, 0) is 11.3 Å². The maximum absolute atomic E-state index is 12.1. The van der Waals surface area contributed by atoms with E-state index in [1.807, 2.05) is 36.4 Å². The average Bonchev–Trinajstić information content (AvgIpc) is 2.98. The van der Waals surface area contributed by atoms with Gasteiger partial charge in [-0.2, -0.15) is 4.98 Å². The minimum absolute atomic E-state index is 0.0261. The Balaban J connectivity index is 1.43. The number of nitrogens with one attached hydrogen (secondary N) is 2. The van der Waals surface area contributed by atoms with Crippen molar-refractivity contribution in [3.8, 4) is 17.0 Å². The van der Waals surface area contributed by atoms with E-state index in [2.05, 4.69) is 27.4 Å². The average molecular weight is 363 g/mol. The van der Waals surface area contributed by atoms with Crippen LogP contribution < -0.4 is 10.9 Å². The molecule has 0 fully saturated rings. The van der Waals surface area contributed by atoms with Gasteiger partial charge >= 0.3 is 6.09 Å². The lowest BCUT2D eigenvalue weighted by atomic mass is 9.98. The molecule has 7 heteroatoms. The number of aromatic amines is 1. The number of fused-ring (bicyclic) bond motifs is 3. The predicted molar refractivity (Wildman–Crippen MR) is 98.4 cm³/mol. The Morgan fingerprint density at radius 1 is 1.11 bits per heavy atom. The largest absolute Gasteiger partial charge is 0.493 e. The van der Waals surface area contributed by atoms with Crippen LogP contribution in [0.4, 0.5) is 4.79 Å². The molecule has 0 atom stereocenters. The number of carbonyl (C=O) groups excluding carboxylic acids is 1. The lowest BCUT2D eigenvalue weighted by molar-refractivity contribution is 0.142. The van der Waals surface area contributed by atoms with Crippen molar-refractivity contribution in [3.05, 3.63) is 81.9 Å². The SMILES string of the molecule is O=C(NCc1nc(O)cc(=O)[nH]1)OCC1c2ccccc2-c2ccccc21. The molecule has 0 bridgehead atoms. The quantitative estimate of drug-likeness (QED) is 0.661. The van der Waals surface area contributed by atoms with E-state index < -0.39 is 17.5 Å². The molecule has 0 saturated carbocycles. The first-order chi connectivity index (χ1) is 13.1. The summed E-state index contributed by atoms with van der Waals surface area (Å²) in [5, 5.41) is 11.8. The second kappa shape index (κ2) is 6.95. The molecule has 3 aromatic rings. The van der Waals surface area contributed by atoms with Gasteiger partial charge in [-0.15, -0.1) is 0 Å². The van der Waals surface area contributed by atoms with E-state index in [1.54, 1.807) is 0 Å². The van der Waals surface area contributed by atoms with Crippen molar-refractivity contribution in [1.82, 2.24) is 15.3 Å². The number of ether oxygens (including phenoxy) is 1. The molecule has 1 heterocycles. The van der Waals surface area contributed by atoms with E-state index in [0.29, 0.717) is 0 Å². The maximum Gasteiger partial charge on any atom is 0.407 e. The second-order valence-electron chi connectivity index (χ2n) is 6.23. The number of aromatic nitrogens is 2. The van der Waals surface area contributed by atoms with E-state index in [4.69, 9.17) is 4.74 Å². The standard InChI is InChI=1S/C20H17N3O4/c24-18-9-19(25)23-17(22-18)10-21-20(26)27-11-16-14-7-3-1-5-12(14)13-6-2-4-8-15(13)16/h1-9,16H,10-11H2,(H,21,26)(H2,22,23,24,25). The summed E-state index contributed by atoms with van der Waals surface area (Å²) in [5.74, 6) is -0.279. The summed E-state index contributed by atoms with van der Waals surface area (Å²) in [6.45, 7) is 0.143. The van der Waals surface area contributed by atoms with E-state index in [1.165, 1.54) is 0 Å². The highest BCUT2D eigenvalue weighted by atomic mass is 16.5. The third-order valence-corrected chi connectivity index (χ3v) is 4.52. The van der Waals surface area contributed by atoms with Gasteiger partial charge in [-0.25, -0.2) is 4.79 Å². The molecule has 0 radical (unpaired) electrons. The molecule has 0 saturated heterocycles. The number of benzene rings is 2. The maximum atomic E-state index is 12.1. The Morgan fingerprint density at radius 3 is 2.37 bits per heavy atom. The molecule has 1 aliphatic rings. The second-order valence-corrected chi connectivity index (χ2v) is 6.23. The summed E-state index contributed by atoms with van der Waals surface area (Å²) >= 11 is 0. The van der Waals surface area contributed by atoms with Gasteiger partial charge in [0, 0.05) is 5.92 Å². The number of nitrogens with zero attached hydrogens (tertiary/aromatic N) is 1. The van der Waals surface area contributed by atoms with Crippen molar-refractivity contribution >= 4 is 6.09 Å². The van der Waals surface area contributed by atoms with Gasteiger partial charge in [-0.3, -0.25) is 4.79 Å². The van der Waals surface area contributed by atoms with Crippen LogP contribution in [0.5, 0.6) is 5.88 Å². The highest BCUT2D eigenvalue weighted by Crippen LogP contribution is 2.44. The fraction of sp³-hybridized carbons (Fsp3) is 0.150. The van der Waals surface area contributed by atoms with Crippen LogP contribution in [0.2, 0.25) is 0 Å². The minimum atomic E-state index is -0.622. The number of rotatable bonds is 4. The first-order valence-corrected chi connectivity index (χ1v) is 8.50. The molecule has 4 rings (SSSR count). The number of hydrogen-bond acceptors (Lipinski definition) is 5. The van der Waals surface area contributed by atoms with Crippen LogP contribution in [0.15, 0.2) is 59.4 Å². The Bertz CT molecular complexity index is 1020. The number of H-pyrrole nitrogens is 1. The van der Waals surface area contributed by atoms with Crippen LogP contribution in [0.3, 0.4) is 0 Å². The zero-order valence-electron chi connectivity index (χ0n) is 14.3. The Hall–Kier alpha value is -3.61. The zero-order chi connectivity index (χ0) is 18.8. The van der Waals surface area contributed by atoms with Gasteiger partial charge in [-0.05, 0) is 22.3 Å². The first kappa shape index (κ1) is 16.8. The molecular weight excluding hydrogens is 346 g/mol. The van der Waals surface area contributed by atoms with Gasteiger partial charge in [0.25, 0.3) is 5.56 Å². The highest BCUT2D eigenvalue weighted by Gasteiger charge is 2.28. The van der Waals surface area contributed by atoms with Crippen molar-refractivity contribution in [2.24, 2.45) is 0 Å². The van der Waals surface area contributed by atoms with Crippen LogP contribution in [-0.4, -0.2) is 27.8 Å². The summed E-state index contributed by atoms with van der Waals surface area (Å²) in [5.41, 5.74) is 4.08. The van der Waals surface area contributed by atoms with Gasteiger partial charge in [-0.1, -0.05) is 48.5 Å². The van der Waals surface area contributed by atoms with Crippen molar-refractivity contribution in [3.63, 3.8) is 0 Å². The third kappa shape index (κ3) is 3.39. The lowest BCUT2D eigenvalue weighted by Gasteiger charge is -2.14. The van der Waals surface area contributed by atoms with Gasteiger partial charge in [0.15, 0.2) is 0 Å². The topological polar surface area (TPSA) is 104 Å². The van der Waals surface area contributed by atoms with E-state index in [0.717, 1.165) is 28.3 Å². The lowest BCUT2D eigenvalue weighted by Crippen LogP contribution is -2.27. The molecule has 0 aliphatic heterocycles. The fourth-order valence-corrected chi connectivity index (χ4v) is 3.38. The molecule has 3 N–H and O–H groups in total. The molecule has 0 unspecified atom stereocenters. The zero-order valence-corrected chi connectivity index (χ0v) is 14.3. The van der Waals surface area contributed by atoms with Crippen LogP contribution in [0, 0.1) is 0 Å². The summed E-state index contributed by atoms with van der Waals surface area (Å²) in [7, 11) is 0. The molecule has 2 aromatic carbocycles. The van der Waals surface area contributed by atoms with Crippen LogP contribution in [0.25, 0.3) is 11.1 Å². The summed E-state index contributed by atoms with van der Waals surface area (Å²) in [6.07, 6.45) is -0.622. The van der Waals surface area contributed by atoms with E-state index >= 15 is 0 Å². The van der Waals surface area contributed by atoms with Crippen molar-refractivity contribution < 1.29 is 14.6 Å². The molecule has 1 aromatic heterocycles. The van der Waals surface area contributed by atoms with Gasteiger partial charge in [0.1, 0.15) is 12.4 Å². The summed E-state index contributed by atoms with van der Waals surface area (Å²) in [4.78, 5) is 29.5. The van der Waals surface area contributed by atoms with Crippen molar-refractivity contribution in [2.45, 2.75) is 12.5 Å². The van der Waals surface area contributed by atoms with Crippen molar-refractivity contribution in [1.29, 1.82) is 0 Å². The first-order valence-electron chi connectivity index (χ1n) is 8.50. The van der Waals surface area contributed by atoms with Crippen LogP contribution >= 0.6 is 0 Å². The predicted octanol–water partition coefficient (Wildman–Crippen LogP) is 2.51. The Labute approximate surface area is 154 Å². The number of carbonyl (C=O) groups is 1. The van der Waals surface area contributed by atoms with Crippen molar-refractivity contribution in [2.75, 3.05) is 6.61 Å². The molecule has 1 aliphatic carbocycles. The highest BCUT2D eigenvalue weighted by molar-refractivity contribution is 5.79. The number of aromatic hydroxyl groups is 1. The van der Waals surface area contributed by atoms with Gasteiger partial charge < -0.3 is 20.1 Å². The molecule has 0 spiro atoms. The number of hydrogen-bond donors (Lipinski definition) is 3. The smallest absolute Gasteiger partial charge is 0.407 e. The minimum Gasteiger partial charge on any atom is -0.493 e. The molecule has 136 valence electrons. The van der Waals surface area contributed by atoms with E-state index in [-0.39, 0.29) is 24.9 Å². The monoisotopic (exact) mass is 363 g/mol. The fourth-order valence-electron chi connectivity index (χ4n) is 3.38. The normalized spacial score (nSPS) is 12.3. The Morgan fingerprint density at radius 2 is 1.74 bits per heavy atom. The summed E-state index contributed by atoms with van der Waals surface area (Å²) < 4.78 is 5.39. The van der Waals surface area contributed by atoms with Gasteiger partial charge in [0.2, 0.25) is 5.88 Å². The third-order valence-electron chi connectivity index (χ3n) is 4.52. The molecular formula is C20H17N3O4. The van der Waals surface area contributed by atoms with Crippen LogP contribution in [0.1, 0.15) is 22.9 Å². The molecule has 7 nitrogen and oxygen atoms in total. The molecule has 1 amide bonds.